The number of halogens is 1. The van der Waals surface area contributed by atoms with Crippen LogP contribution in [0.2, 0.25) is 108 Å². The van der Waals surface area contributed by atoms with Gasteiger partial charge in [-0.25, -0.2) is 9.97 Å². The molecular weight excluding hydrogens is 1240 g/mol. The highest BCUT2D eigenvalue weighted by atomic mass is 35.5. The van der Waals surface area contributed by atoms with Crippen molar-refractivity contribution < 1.29 is 18.9 Å². The summed E-state index contributed by atoms with van der Waals surface area (Å²) in [5.41, 5.74) is 9.34. The van der Waals surface area contributed by atoms with Crippen LogP contribution in [-0.2, 0) is 18.9 Å². The average molecular weight is 1350 g/mol. The number of pyridine rings is 2. The number of fused-ring (bicyclic) bond motifs is 6. The number of nitrogens with zero attached hydrogens (tertiary/aromatic N) is 11. The summed E-state index contributed by atoms with van der Waals surface area (Å²) in [6.07, 6.45) is 16.1. The quantitative estimate of drug-likeness (QED) is 0.0226. The summed E-state index contributed by atoms with van der Waals surface area (Å²) < 4.78 is 28.8. The predicted molar refractivity (Wildman–Crippen MR) is 396 cm³/mol. The Bertz CT molecular complexity index is 3540. The molecule has 6 aromatic heterocycles. The molecule has 93 heavy (non-hydrogen) atoms. The van der Waals surface area contributed by atoms with E-state index >= 15 is 0 Å². The summed E-state index contributed by atoms with van der Waals surface area (Å²) in [6, 6.07) is 37.2. The van der Waals surface area contributed by atoms with Crippen LogP contribution in [0, 0.1) is 23.7 Å². The molecule has 2 aromatic carbocycles. The third-order valence-corrected chi connectivity index (χ3v) is 25.2. The molecule has 21 heteroatoms. The topological polar surface area (TPSA) is 145 Å². The molecule has 4 bridgehead atoms. The third-order valence-electron chi connectivity index (χ3n) is 18.2. The third kappa shape index (κ3) is 20.7. The van der Waals surface area contributed by atoms with E-state index in [1.165, 1.54) is 51.6 Å². The van der Waals surface area contributed by atoms with Gasteiger partial charge in [0.2, 0.25) is 0 Å². The Morgan fingerprint density at radius 3 is 1.24 bits per heavy atom. The number of hydrogen-bond donors (Lipinski definition) is 1. The minimum atomic E-state index is -1.21. The van der Waals surface area contributed by atoms with Crippen LogP contribution in [0.1, 0.15) is 38.5 Å². The first-order valence-corrected chi connectivity index (χ1v) is 49.4. The standard InChI is InChI=1S/C36H52N6O2Si2.C29H40ClN5O2Si2.C7H13N/c1-45(2,3)18-16-43-26-41(27-44-17-19-46(4,5)6)35-21-34(40-24-28-12-13-29(20-28)25-40)39-36-32(23-38-42(35)36)31-14-15-33(37-22-31)30-10-8-7-9-11-30;1-38(2,3)16-14-36-21-34(22-37-15-17-39(4,5)6)28-18-27(30)33-29-25(20-32-35(28)29)24-12-13-26(31-19-24)23-10-8-7-9-11-23;1-2-7-3-6(1)4-8-5-7/h7-11,14-15,21-23,28-29H,12-13,16-20,24-27H2,1-6H3;7-13,18-20H,14-17,21-22H2,1-6H3;6-8H,1-5H2. The minimum absolute atomic E-state index is 0.384. The molecule has 4 fully saturated rings. The van der Waals surface area contributed by atoms with Gasteiger partial charge in [-0.3, -0.25) is 9.97 Å². The fourth-order valence-corrected chi connectivity index (χ4v) is 15.7. The molecule has 16 nitrogen and oxygen atoms in total. The lowest BCUT2D eigenvalue weighted by Gasteiger charge is -2.34. The van der Waals surface area contributed by atoms with E-state index in [4.69, 9.17) is 50.7 Å². The van der Waals surface area contributed by atoms with Crippen LogP contribution in [-0.4, -0.2) is 151 Å². The van der Waals surface area contributed by atoms with Crippen molar-refractivity contribution in [2.75, 3.05) is 94.2 Å². The normalized spacial score (nSPS) is 18.1. The largest absolute Gasteiger partial charge is 0.361 e. The number of benzene rings is 2. The van der Waals surface area contributed by atoms with E-state index in [1.54, 1.807) is 0 Å². The number of hydrogen-bond acceptors (Lipinski definition) is 14. The monoisotopic (exact) mass is 1350 g/mol. The van der Waals surface area contributed by atoms with Gasteiger partial charge in [0.15, 0.2) is 11.3 Å². The SMILES string of the molecule is C1CC2CNCC1C2.C[Si](C)(C)CCOCN(COCC[Si](C)(C)C)c1cc(Cl)nc2c(-c3ccc(-c4ccccc4)nc3)cnn12.C[Si](C)(C)CCOCN(COCC[Si](C)(C)C)c1cc(N2CC3CCC(C3)C2)nc2c(-c3ccc(-c4ccccc4)nc3)cnn12. The van der Waals surface area contributed by atoms with Crippen LogP contribution in [0.4, 0.5) is 17.5 Å². The zero-order chi connectivity index (χ0) is 65.8. The summed E-state index contributed by atoms with van der Waals surface area (Å²) >= 11 is 6.57. The van der Waals surface area contributed by atoms with Crippen LogP contribution >= 0.6 is 11.6 Å². The molecule has 0 radical (unpaired) electrons. The van der Waals surface area contributed by atoms with E-state index in [0.717, 1.165) is 142 Å². The molecule has 1 N–H and O–H groups in total. The van der Waals surface area contributed by atoms with E-state index < -0.39 is 32.3 Å². The fraction of sp³-hybridized carbons (Fsp3) is 0.528. The Balaban J connectivity index is 0.000000183. The van der Waals surface area contributed by atoms with Crippen LogP contribution in [0.25, 0.3) is 56.1 Å². The van der Waals surface area contributed by atoms with Crippen molar-refractivity contribution in [3.63, 3.8) is 0 Å². The number of aromatic nitrogens is 8. The van der Waals surface area contributed by atoms with Crippen molar-refractivity contribution in [2.24, 2.45) is 23.7 Å². The number of anilines is 3. The molecule has 2 saturated heterocycles. The molecule has 0 amide bonds. The van der Waals surface area contributed by atoms with Crippen LogP contribution in [0.15, 0.2) is 122 Å². The first kappa shape index (κ1) is 70.1. The minimum Gasteiger partial charge on any atom is -0.361 e. The predicted octanol–water partition coefficient (Wildman–Crippen LogP) is 16.7. The Labute approximate surface area is 563 Å². The molecule has 2 aliphatic carbocycles. The van der Waals surface area contributed by atoms with Gasteiger partial charge in [0.25, 0.3) is 0 Å². The molecule has 2 aliphatic heterocycles. The van der Waals surface area contributed by atoms with Crippen LogP contribution < -0.4 is 20.0 Å². The summed E-state index contributed by atoms with van der Waals surface area (Å²) in [5, 5.41) is 13.5. The maximum Gasteiger partial charge on any atom is 0.167 e. The number of rotatable bonds is 27. The fourth-order valence-electron chi connectivity index (χ4n) is 12.5. The molecule has 4 atom stereocenters. The molecule has 8 aromatic rings. The molecule has 500 valence electrons. The van der Waals surface area contributed by atoms with Gasteiger partial charge in [0.1, 0.15) is 49.5 Å². The molecule has 0 spiro atoms. The lowest BCUT2D eigenvalue weighted by Crippen LogP contribution is -2.38. The van der Waals surface area contributed by atoms with Crippen LogP contribution in [0.3, 0.4) is 0 Å². The first-order chi connectivity index (χ1) is 44.5. The van der Waals surface area contributed by atoms with Gasteiger partial charge >= 0.3 is 0 Å². The van der Waals surface area contributed by atoms with Crippen molar-refractivity contribution in [1.82, 2.24) is 44.5 Å². The zero-order valence-electron chi connectivity index (χ0n) is 57.8. The summed E-state index contributed by atoms with van der Waals surface area (Å²) in [5.74, 6) is 6.37. The smallest absolute Gasteiger partial charge is 0.167 e. The van der Waals surface area contributed by atoms with E-state index in [2.05, 4.69) is 146 Å². The molecule has 4 aliphatic rings. The highest BCUT2D eigenvalue weighted by molar-refractivity contribution is 6.77. The van der Waals surface area contributed by atoms with Crippen molar-refractivity contribution in [3.05, 3.63) is 127 Å². The molecule has 12 rings (SSSR count). The second kappa shape index (κ2) is 31.9. The summed E-state index contributed by atoms with van der Waals surface area (Å²) in [6.45, 7) is 37.8. The summed E-state index contributed by atoms with van der Waals surface area (Å²) in [7, 11) is -4.82. The van der Waals surface area contributed by atoms with Gasteiger partial charge in [-0.1, -0.05) is 163 Å². The number of piperidine rings is 2. The van der Waals surface area contributed by atoms with Gasteiger partial charge in [0, 0.05) is 130 Å². The number of ether oxygens (including phenoxy) is 4. The van der Waals surface area contributed by atoms with Crippen LogP contribution in [0.5, 0.6) is 0 Å². The van der Waals surface area contributed by atoms with E-state index in [9.17, 15) is 0 Å². The second-order valence-electron chi connectivity index (χ2n) is 31.2. The van der Waals surface area contributed by atoms with E-state index in [0.29, 0.717) is 50.9 Å². The maximum absolute atomic E-state index is 6.57. The van der Waals surface area contributed by atoms with Gasteiger partial charge in [-0.05, 0) is 112 Å². The molecular formula is C72H105ClN12O4Si4. The van der Waals surface area contributed by atoms with Gasteiger partial charge in [-0.2, -0.15) is 19.2 Å². The Hall–Kier alpha value is -5.66. The van der Waals surface area contributed by atoms with Crippen molar-refractivity contribution >= 4 is 72.6 Å². The zero-order valence-corrected chi connectivity index (χ0v) is 62.6. The molecule has 4 unspecified atom stereocenters. The highest BCUT2D eigenvalue weighted by Gasteiger charge is 2.35. The lowest BCUT2D eigenvalue weighted by molar-refractivity contribution is 0.0941. The maximum atomic E-state index is 6.57. The molecule has 2 saturated carbocycles. The second-order valence-corrected chi connectivity index (χ2v) is 54.1. The Morgan fingerprint density at radius 2 is 0.849 bits per heavy atom. The van der Waals surface area contributed by atoms with Crippen molar-refractivity contribution in [3.8, 4) is 44.8 Å². The van der Waals surface area contributed by atoms with Crippen molar-refractivity contribution in [1.29, 1.82) is 0 Å². The van der Waals surface area contributed by atoms with Gasteiger partial charge in [0.05, 0.1) is 23.8 Å². The molecule has 8 heterocycles. The lowest BCUT2D eigenvalue weighted by atomic mass is 9.99. The Kier molecular flexibility index (Phi) is 24.1. The van der Waals surface area contributed by atoms with E-state index in [1.807, 2.05) is 93.3 Å². The average Bonchev–Trinajstić information content (AvgIpc) is 1.67. The Morgan fingerprint density at radius 1 is 0.462 bits per heavy atom. The first-order valence-electron chi connectivity index (χ1n) is 34.2. The van der Waals surface area contributed by atoms with Gasteiger partial charge in [-0.15, -0.1) is 0 Å². The summed E-state index contributed by atoms with van der Waals surface area (Å²) in [4.78, 5) is 26.2. The van der Waals surface area contributed by atoms with Crippen molar-refractivity contribution in [2.45, 2.75) is 141 Å². The highest BCUT2D eigenvalue weighted by Crippen LogP contribution is 2.40. The number of nitrogens with one attached hydrogen (secondary N) is 1. The van der Waals surface area contributed by atoms with E-state index in [-0.39, 0.29) is 0 Å². The van der Waals surface area contributed by atoms with Gasteiger partial charge < -0.3 is 39.0 Å².